The summed E-state index contributed by atoms with van der Waals surface area (Å²) >= 11 is 0. The number of fused-ring (bicyclic) bond motifs is 8. The van der Waals surface area contributed by atoms with Gasteiger partial charge in [0.1, 0.15) is 0 Å². The minimum atomic E-state index is 0.0221. The van der Waals surface area contributed by atoms with E-state index >= 15 is 0 Å². The van der Waals surface area contributed by atoms with Crippen LogP contribution in [0.1, 0.15) is 58.2 Å². The smallest absolute Gasteiger partial charge is 0.0787 e. The molecule has 9 aromatic carbocycles. The van der Waals surface area contributed by atoms with Gasteiger partial charge in [0.2, 0.25) is 0 Å². The Balaban J connectivity index is 1.20. The summed E-state index contributed by atoms with van der Waals surface area (Å²) in [5, 5.41) is 17.3. The van der Waals surface area contributed by atoms with Crippen LogP contribution in [0.5, 0.6) is 0 Å². The minimum absolute atomic E-state index is 0.0221. The van der Waals surface area contributed by atoms with Crippen molar-refractivity contribution in [2.75, 3.05) is 0 Å². The highest BCUT2D eigenvalue weighted by Gasteiger charge is 2.22. The van der Waals surface area contributed by atoms with Gasteiger partial charge in [-0.25, -0.2) is 0 Å². The summed E-state index contributed by atoms with van der Waals surface area (Å²) in [6.07, 6.45) is 6.72. The van der Waals surface area contributed by atoms with Gasteiger partial charge in [0.15, 0.2) is 0 Å². The standard InChI is InChI=1S/C57H46N2/c1-8-12-36-25-40(56(2,3)4)26-37-21-18-33-17-20-35(29-46(33)51(36)37)45-31-49-50(54-43(45)15-10-23-58-54)32-48(44-16-11-24-59-55(44)49)47-30-39-28-41(57(5,6)7)27-38-22-19-34-13-9-14-42(47)53(34)52(38)39/h8-11,13-32H,1,12H2,2-7H3. The van der Waals surface area contributed by atoms with Gasteiger partial charge in [0.25, 0.3) is 0 Å². The molecule has 11 rings (SSSR count). The Hall–Kier alpha value is -6.64. The molecule has 0 fully saturated rings. The third-order valence-corrected chi connectivity index (χ3v) is 12.9. The van der Waals surface area contributed by atoms with Crippen molar-refractivity contribution in [3.8, 4) is 22.3 Å². The molecule has 0 atom stereocenters. The van der Waals surface area contributed by atoms with Gasteiger partial charge >= 0.3 is 0 Å². The number of hydrogen-bond donors (Lipinski definition) is 0. The predicted molar refractivity (Wildman–Crippen MR) is 255 cm³/mol. The second kappa shape index (κ2) is 12.7. The van der Waals surface area contributed by atoms with Crippen molar-refractivity contribution in [3.63, 3.8) is 0 Å². The molecule has 11 aromatic rings. The first-order chi connectivity index (χ1) is 28.5. The number of pyridine rings is 2. The third-order valence-electron chi connectivity index (χ3n) is 12.9. The highest BCUT2D eigenvalue weighted by atomic mass is 14.7. The first-order valence-electron chi connectivity index (χ1n) is 20.9. The third kappa shape index (κ3) is 5.46. The van der Waals surface area contributed by atoms with Gasteiger partial charge in [-0.05, 0) is 146 Å². The second-order valence-electron chi connectivity index (χ2n) is 18.7. The lowest BCUT2D eigenvalue weighted by Gasteiger charge is -2.23. The van der Waals surface area contributed by atoms with Crippen LogP contribution in [0.2, 0.25) is 0 Å². The Kier molecular flexibility index (Phi) is 7.63. The zero-order chi connectivity index (χ0) is 40.4. The summed E-state index contributed by atoms with van der Waals surface area (Å²) < 4.78 is 0. The van der Waals surface area contributed by atoms with Crippen molar-refractivity contribution in [3.05, 3.63) is 169 Å². The molecule has 284 valence electrons. The van der Waals surface area contributed by atoms with E-state index in [1.165, 1.54) is 87.2 Å². The zero-order valence-electron chi connectivity index (χ0n) is 34.7. The Morgan fingerprint density at radius 2 is 1.00 bits per heavy atom. The molecule has 59 heavy (non-hydrogen) atoms. The Morgan fingerprint density at radius 3 is 1.69 bits per heavy atom. The molecule has 0 bridgehead atoms. The molecular weight excluding hydrogens is 713 g/mol. The Bertz CT molecular complexity index is 3560. The average molecular weight is 759 g/mol. The number of aromatic nitrogens is 2. The molecule has 0 saturated carbocycles. The van der Waals surface area contributed by atoms with Crippen LogP contribution in [0.15, 0.2) is 152 Å². The maximum atomic E-state index is 5.17. The fourth-order valence-corrected chi connectivity index (χ4v) is 9.83. The molecule has 0 amide bonds. The zero-order valence-corrected chi connectivity index (χ0v) is 34.7. The average Bonchev–Trinajstić information content (AvgIpc) is 3.23. The SMILES string of the molecule is C=CCc1cc(C(C)(C)C)cc2ccc3ccc(-c4cc5c(cc(-c6cc7cc(C(C)(C)C)cc8ccc9cccc6c9c87)c6cccnc65)c5ncccc45)cc3c12. The molecule has 2 heterocycles. The monoisotopic (exact) mass is 758 g/mol. The van der Waals surface area contributed by atoms with Crippen LogP contribution in [-0.2, 0) is 17.3 Å². The van der Waals surface area contributed by atoms with Crippen molar-refractivity contribution in [2.24, 2.45) is 0 Å². The predicted octanol–water partition coefficient (Wildman–Crippen LogP) is 15.8. The maximum Gasteiger partial charge on any atom is 0.0787 e. The molecule has 2 nitrogen and oxygen atoms in total. The number of rotatable bonds is 4. The molecule has 2 aromatic heterocycles. The normalized spacial score (nSPS) is 12.7. The van der Waals surface area contributed by atoms with Crippen LogP contribution in [0.25, 0.3) is 109 Å². The number of benzene rings is 9. The molecule has 0 spiro atoms. The van der Waals surface area contributed by atoms with Gasteiger partial charge in [-0.1, -0.05) is 139 Å². The lowest BCUT2D eigenvalue weighted by atomic mass is 9.81. The van der Waals surface area contributed by atoms with Crippen molar-refractivity contribution in [1.29, 1.82) is 0 Å². The van der Waals surface area contributed by atoms with E-state index < -0.39 is 0 Å². The van der Waals surface area contributed by atoms with Crippen LogP contribution in [0, 0.1) is 0 Å². The van der Waals surface area contributed by atoms with Gasteiger partial charge in [-0.3, -0.25) is 9.97 Å². The molecule has 0 unspecified atom stereocenters. The van der Waals surface area contributed by atoms with E-state index in [1.54, 1.807) is 0 Å². The quantitative estimate of drug-likeness (QED) is 0.132. The van der Waals surface area contributed by atoms with Crippen molar-refractivity contribution < 1.29 is 0 Å². The lowest BCUT2D eigenvalue weighted by Crippen LogP contribution is -2.11. The summed E-state index contributed by atoms with van der Waals surface area (Å²) in [5.41, 5.74) is 10.8. The summed E-state index contributed by atoms with van der Waals surface area (Å²) in [7, 11) is 0. The number of allylic oxidation sites excluding steroid dienone is 1. The van der Waals surface area contributed by atoms with E-state index in [4.69, 9.17) is 9.97 Å². The highest BCUT2D eigenvalue weighted by molar-refractivity contribution is 6.29. The largest absolute Gasteiger partial charge is 0.256 e. The fourth-order valence-electron chi connectivity index (χ4n) is 9.83. The first kappa shape index (κ1) is 35.5. The van der Waals surface area contributed by atoms with Gasteiger partial charge in [-0.15, -0.1) is 6.58 Å². The molecule has 0 radical (unpaired) electrons. The summed E-state index contributed by atoms with van der Waals surface area (Å²) in [5.74, 6) is 0. The molecule has 0 aliphatic rings. The highest BCUT2D eigenvalue weighted by Crippen LogP contribution is 2.47. The molecule has 0 saturated heterocycles. The maximum absolute atomic E-state index is 5.17. The van der Waals surface area contributed by atoms with Crippen LogP contribution < -0.4 is 0 Å². The number of nitrogens with zero attached hydrogens (tertiary/aromatic N) is 2. The summed E-state index contributed by atoms with van der Waals surface area (Å²) in [4.78, 5) is 10.3. The summed E-state index contributed by atoms with van der Waals surface area (Å²) in [6, 6.07) is 48.3. The van der Waals surface area contributed by atoms with E-state index in [-0.39, 0.29) is 10.8 Å². The van der Waals surface area contributed by atoms with Crippen LogP contribution in [0.4, 0.5) is 0 Å². The molecule has 0 aliphatic carbocycles. The van der Waals surface area contributed by atoms with Crippen molar-refractivity contribution in [2.45, 2.75) is 58.8 Å². The van der Waals surface area contributed by atoms with E-state index in [2.05, 4.69) is 176 Å². The molecule has 2 heteroatoms. The van der Waals surface area contributed by atoms with E-state index in [0.717, 1.165) is 44.6 Å². The molecular formula is C57H46N2. The molecule has 0 aliphatic heterocycles. The van der Waals surface area contributed by atoms with Crippen LogP contribution in [0.3, 0.4) is 0 Å². The van der Waals surface area contributed by atoms with Gasteiger partial charge < -0.3 is 0 Å². The lowest BCUT2D eigenvalue weighted by molar-refractivity contribution is 0.590. The van der Waals surface area contributed by atoms with E-state index in [9.17, 15) is 0 Å². The van der Waals surface area contributed by atoms with Gasteiger partial charge in [0, 0.05) is 33.9 Å². The van der Waals surface area contributed by atoms with E-state index in [0.29, 0.717) is 0 Å². The van der Waals surface area contributed by atoms with Gasteiger partial charge in [-0.2, -0.15) is 0 Å². The first-order valence-corrected chi connectivity index (χ1v) is 20.9. The minimum Gasteiger partial charge on any atom is -0.256 e. The van der Waals surface area contributed by atoms with Crippen molar-refractivity contribution in [1.82, 2.24) is 9.97 Å². The van der Waals surface area contributed by atoms with Crippen molar-refractivity contribution >= 4 is 86.4 Å². The fraction of sp³-hybridized carbons (Fsp3) is 0.158. The Labute approximate surface area is 345 Å². The van der Waals surface area contributed by atoms with Crippen LogP contribution in [-0.4, -0.2) is 9.97 Å². The Morgan fingerprint density at radius 1 is 0.441 bits per heavy atom. The summed E-state index contributed by atoms with van der Waals surface area (Å²) in [6.45, 7) is 17.9. The van der Waals surface area contributed by atoms with Gasteiger partial charge in [0.05, 0.1) is 11.0 Å². The van der Waals surface area contributed by atoms with Crippen LogP contribution >= 0.6 is 0 Å². The topological polar surface area (TPSA) is 25.8 Å². The number of hydrogen-bond acceptors (Lipinski definition) is 2. The second-order valence-corrected chi connectivity index (χ2v) is 18.7. The van der Waals surface area contributed by atoms with E-state index in [1.807, 2.05) is 18.5 Å². The molecule has 0 N–H and O–H groups in total.